The molecule has 0 amide bonds. The predicted octanol–water partition coefficient (Wildman–Crippen LogP) is 2.44. The molecule has 5 heteroatoms. The highest BCUT2D eigenvalue weighted by molar-refractivity contribution is 7.73. The standard InChI is InChI=1S/C11H22Cl2OP.ClH/c1-8(2)15(9(3)4,10(5)6)14-7-11(12)13;/h7-10H,1-6H3;1H/q+1;/p-1. The van der Waals surface area contributed by atoms with Crippen molar-refractivity contribution in [1.29, 1.82) is 0 Å². The summed E-state index contributed by atoms with van der Waals surface area (Å²) in [6, 6.07) is 0. The van der Waals surface area contributed by atoms with Crippen molar-refractivity contribution in [2.75, 3.05) is 0 Å². The van der Waals surface area contributed by atoms with Crippen LogP contribution in [0.25, 0.3) is 0 Å². The van der Waals surface area contributed by atoms with Crippen LogP contribution < -0.4 is 12.4 Å². The first-order valence-electron chi connectivity index (χ1n) is 5.32. The Balaban J connectivity index is 0. The summed E-state index contributed by atoms with van der Waals surface area (Å²) in [5.41, 5.74) is 1.55. The van der Waals surface area contributed by atoms with Gasteiger partial charge in [-0.05, 0) is 41.5 Å². The zero-order valence-corrected chi connectivity index (χ0v) is 14.0. The van der Waals surface area contributed by atoms with Crippen molar-refractivity contribution in [3.63, 3.8) is 0 Å². The van der Waals surface area contributed by atoms with Crippen molar-refractivity contribution >= 4 is 30.7 Å². The first kappa shape index (κ1) is 19.2. The van der Waals surface area contributed by atoms with Gasteiger partial charge in [-0.1, -0.05) is 23.2 Å². The maximum atomic E-state index is 5.96. The highest BCUT2D eigenvalue weighted by Crippen LogP contribution is 2.71. The van der Waals surface area contributed by atoms with Gasteiger partial charge in [-0.3, -0.25) is 0 Å². The van der Waals surface area contributed by atoms with E-state index < -0.39 is 7.49 Å². The van der Waals surface area contributed by atoms with Crippen LogP contribution in [0, 0.1) is 0 Å². The highest BCUT2D eigenvalue weighted by Gasteiger charge is 2.50. The van der Waals surface area contributed by atoms with Gasteiger partial charge in [0.25, 0.3) is 0 Å². The first-order valence-corrected chi connectivity index (χ1v) is 7.99. The Morgan fingerprint density at radius 1 is 0.938 bits per heavy atom. The molecule has 0 rings (SSSR count). The molecule has 0 saturated carbocycles. The van der Waals surface area contributed by atoms with E-state index in [0.29, 0.717) is 17.0 Å². The lowest BCUT2D eigenvalue weighted by molar-refractivity contribution is -0.00000387. The number of halogens is 3. The van der Waals surface area contributed by atoms with Crippen LogP contribution in [-0.4, -0.2) is 17.0 Å². The molecule has 0 unspecified atom stereocenters. The Bertz CT molecular complexity index is 201. The smallest absolute Gasteiger partial charge is 0.197 e. The molecule has 1 nitrogen and oxygen atoms in total. The second-order valence-electron chi connectivity index (χ2n) is 4.56. The van der Waals surface area contributed by atoms with Gasteiger partial charge in [0.05, 0.1) is 17.0 Å². The van der Waals surface area contributed by atoms with E-state index in [9.17, 15) is 0 Å². The zero-order chi connectivity index (χ0) is 12.2. The fourth-order valence-electron chi connectivity index (χ4n) is 2.29. The molecule has 0 aromatic heterocycles. The number of hydrogen-bond donors (Lipinski definition) is 0. The van der Waals surface area contributed by atoms with Crippen molar-refractivity contribution in [1.82, 2.24) is 0 Å². The quantitative estimate of drug-likeness (QED) is 0.560. The van der Waals surface area contributed by atoms with E-state index in [0.717, 1.165) is 0 Å². The zero-order valence-electron chi connectivity index (χ0n) is 10.8. The van der Waals surface area contributed by atoms with Crippen LogP contribution in [0.1, 0.15) is 41.5 Å². The lowest BCUT2D eigenvalue weighted by atomic mass is 10.5. The van der Waals surface area contributed by atoms with Crippen LogP contribution in [0.5, 0.6) is 0 Å². The van der Waals surface area contributed by atoms with Crippen LogP contribution in [0.2, 0.25) is 0 Å². The Labute approximate surface area is 117 Å². The topological polar surface area (TPSA) is 9.23 Å². The first-order chi connectivity index (χ1) is 6.75. The van der Waals surface area contributed by atoms with Gasteiger partial charge >= 0.3 is 0 Å². The van der Waals surface area contributed by atoms with Crippen LogP contribution in [0.15, 0.2) is 10.8 Å². The van der Waals surface area contributed by atoms with Crippen LogP contribution >= 0.6 is 30.7 Å². The minimum absolute atomic E-state index is 0. The summed E-state index contributed by atoms with van der Waals surface area (Å²) in [5, 5.41) is 0. The molecule has 0 atom stereocenters. The van der Waals surface area contributed by atoms with E-state index in [-0.39, 0.29) is 16.9 Å². The van der Waals surface area contributed by atoms with Gasteiger partial charge in [0.1, 0.15) is 4.49 Å². The summed E-state index contributed by atoms with van der Waals surface area (Å²) in [4.78, 5) is 0. The molecule has 0 aliphatic heterocycles. The van der Waals surface area contributed by atoms with Crippen LogP contribution in [0.3, 0.4) is 0 Å². The van der Waals surface area contributed by atoms with E-state index in [1.54, 1.807) is 0 Å². The molecular weight excluding hydrogens is 285 g/mol. The number of hydrogen-bond acceptors (Lipinski definition) is 1. The van der Waals surface area contributed by atoms with Gasteiger partial charge in [-0.25, -0.2) is 0 Å². The molecule has 0 heterocycles. The van der Waals surface area contributed by atoms with Crippen molar-refractivity contribution < 1.29 is 16.9 Å². The lowest BCUT2D eigenvalue weighted by Gasteiger charge is -2.35. The average molecular weight is 308 g/mol. The lowest BCUT2D eigenvalue weighted by Crippen LogP contribution is -3.00. The Kier molecular flexibility index (Phi) is 9.63. The van der Waals surface area contributed by atoms with E-state index >= 15 is 0 Å². The van der Waals surface area contributed by atoms with Crippen molar-refractivity contribution in [2.24, 2.45) is 0 Å². The van der Waals surface area contributed by atoms with Crippen molar-refractivity contribution in [2.45, 2.75) is 58.5 Å². The second-order valence-corrected chi connectivity index (χ2v) is 10.4. The molecule has 0 radical (unpaired) electrons. The maximum Gasteiger partial charge on any atom is 0.197 e. The minimum Gasteiger partial charge on any atom is -1.00 e. The third-order valence-electron chi connectivity index (χ3n) is 2.75. The van der Waals surface area contributed by atoms with E-state index in [1.807, 2.05) is 0 Å². The highest BCUT2D eigenvalue weighted by atomic mass is 35.5. The van der Waals surface area contributed by atoms with Gasteiger partial charge in [-0.15, -0.1) is 0 Å². The number of rotatable bonds is 5. The second kappa shape index (κ2) is 8.03. The SMILES string of the molecule is CC(C)[P+](OC=C(Cl)Cl)(C(C)C)C(C)C.[Cl-]. The third-order valence-corrected chi connectivity index (χ3v) is 8.24. The maximum absolute atomic E-state index is 5.96. The third kappa shape index (κ3) is 4.61. The van der Waals surface area contributed by atoms with E-state index in [1.165, 1.54) is 6.26 Å². The van der Waals surface area contributed by atoms with Crippen molar-refractivity contribution in [3.8, 4) is 0 Å². The Hall–Kier alpha value is 0.840. The van der Waals surface area contributed by atoms with Gasteiger partial charge in [-0.2, -0.15) is 0 Å². The monoisotopic (exact) mass is 306 g/mol. The molecule has 98 valence electrons. The molecule has 0 aromatic carbocycles. The Morgan fingerprint density at radius 2 is 1.25 bits per heavy atom. The summed E-state index contributed by atoms with van der Waals surface area (Å²) < 4.78 is 6.16. The van der Waals surface area contributed by atoms with Gasteiger partial charge in [0, 0.05) is 0 Å². The molecule has 16 heavy (non-hydrogen) atoms. The summed E-state index contributed by atoms with van der Waals surface area (Å²) >= 11 is 11.2. The summed E-state index contributed by atoms with van der Waals surface area (Å²) in [6.07, 6.45) is 1.50. The fraction of sp³-hybridized carbons (Fsp3) is 0.818. The molecular formula is C11H22Cl3OP. The molecule has 0 spiro atoms. The van der Waals surface area contributed by atoms with E-state index in [4.69, 9.17) is 27.7 Å². The summed E-state index contributed by atoms with van der Waals surface area (Å²) in [5.74, 6) is 0. The Morgan fingerprint density at radius 3 is 1.44 bits per heavy atom. The summed E-state index contributed by atoms with van der Waals surface area (Å²) in [6.45, 7) is 13.3. The van der Waals surface area contributed by atoms with E-state index in [2.05, 4.69) is 41.5 Å². The van der Waals surface area contributed by atoms with Crippen molar-refractivity contribution in [3.05, 3.63) is 10.8 Å². The molecule has 0 aliphatic rings. The molecule has 0 aromatic rings. The van der Waals surface area contributed by atoms with Crippen LogP contribution in [0.4, 0.5) is 0 Å². The fourth-order valence-corrected chi connectivity index (χ4v) is 7.09. The minimum atomic E-state index is -1.51. The van der Waals surface area contributed by atoms with Gasteiger partial charge in [0.15, 0.2) is 13.8 Å². The average Bonchev–Trinajstić information content (AvgIpc) is 2.02. The van der Waals surface area contributed by atoms with Crippen LogP contribution in [-0.2, 0) is 4.52 Å². The largest absolute Gasteiger partial charge is 1.00 e. The predicted molar refractivity (Wildman–Crippen MR) is 73.2 cm³/mol. The normalized spacial score (nSPS) is 11.7. The summed E-state index contributed by atoms with van der Waals surface area (Å²) in [7, 11) is -1.51. The molecule has 0 bridgehead atoms. The van der Waals surface area contributed by atoms with Gasteiger partial charge < -0.3 is 16.9 Å². The molecule has 0 fully saturated rings. The van der Waals surface area contributed by atoms with Gasteiger partial charge in [0.2, 0.25) is 0 Å². The molecule has 0 aliphatic carbocycles. The molecule has 0 saturated heterocycles. The molecule has 0 N–H and O–H groups in total.